The summed E-state index contributed by atoms with van der Waals surface area (Å²) in [5.74, 6) is 0.0829. The molecule has 1 aromatic carbocycles. The number of aryl methyl sites for hydroxylation is 2. The van der Waals surface area contributed by atoms with E-state index in [2.05, 4.69) is 23.6 Å². The van der Waals surface area contributed by atoms with E-state index in [1.807, 2.05) is 13.0 Å². The average Bonchev–Trinajstić information content (AvgIpc) is 2.28. The van der Waals surface area contributed by atoms with Gasteiger partial charge in [0.05, 0.1) is 11.4 Å². The van der Waals surface area contributed by atoms with Crippen LogP contribution in [0.5, 0.6) is 0 Å². The summed E-state index contributed by atoms with van der Waals surface area (Å²) in [6, 6.07) is 4.09. The second-order valence-corrected chi connectivity index (χ2v) is 3.71. The maximum absolute atomic E-state index is 11.3. The Morgan fingerprint density at radius 3 is 2.50 bits per heavy atom. The second kappa shape index (κ2) is 3.33. The van der Waals surface area contributed by atoms with Crippen molar-refractivity contribution in [1.29, 1.82) is 0 Å². The van der Waals surface area contributed by atoms with Gasteiger partial charge in [-0.25, -0.2) is 0 Å². The number of anilines is 2. The Morgan fingerprint density at radius 2 is 1.79 bits per heavy atom. The zero-order valence-electron chi connectivity index (χ0n) is 8.48. The largest absolute Gasteiger partial charge is 0.383 e. The van der Waals surface area contributed by atoms with Crippen molar-refractivity contribution in [3.8, 4) is 0 Å². The van der Waals surface area contributed by atoms with Gasteiger partial charge >= 0.3 is 0 Å². The Kier molecular flexibility index (Phi) is 2.15. The Morgan fingerprint density at radius 1 is 1.14 bits per heavy atom. The number of amides is 1. The van der Waals surface area contributed by atoms with E-state index in [0.29, 0.717) is 13.0 Å². The zero-order chi connectivity index (χ0) is 10.1. The third-order valence-electron chi connectivity index (χ3n) is 2.58. The number of hydrogen-bond acceptors (Lipinski definition) is 2. The molecule has 1 aromatic rings. The molecular formula is C11H14N2O. The van der Waals surface area contributed by atoms with Crippen molar-refractivity contribution in [2.75, 3.05) is 17.2 Å². The molecule has 1 heterocycles. The van der Waals surface area contributed by atoms with Crippen molar-refractivity contribution in [1.82, 2.24) is 0 Å². The van der Waals surface area contributed by atoms with E-state index in [1.54, 1.807) is 0 Å². The van der Waals surface area contributed by atoms with Crippen LogP contribution in [-0.2, 0) is 4.79 Å². The molecule has 0 saturated heterocycles. The zero-order valence-corrected chi connectivity index (χ0v) is 8.48. The lowest BCUT2D eigenvalue weighted by molar-refractivity contribution is -0.115. The van der Waals surface area contributed by atoms with Gasteiger partial charge in [0.25, 0.3) is 0 Å². The van der Waals surface area contributed by atoms with Crippen LogP contribution in [0.1, 0.15) is 17.5 Å². The van der Waals surface area contributed by atoms with Crippen molar-refractivity contribution < 1.29 is 4.79 Å². The Balaban J connectivity index is 2.46. The van der Waals surface area contributed by atoms with Crippen LogP contribution in [0, 0.1) is 13.8 Å². The smallest absolute Gasteiger partial charge is 0.226 e. The third-order valence-corrected chi connectivity index (χ3v) is 2.58. The molecule has 0 aromatic heterocycles. The summed E-state index contributed by atoms with van der Waals surface area (Å²) in [7, 11) is 0. The second-order valence-electron chi connectivity index (χ2n) is 3.71. The number of fused-ring (bicyclic) bond motifs is 1. The molecule has 0 saturated carbocycles. The molecule has 14 heavy (non-hydrogen) atoms. The van der Waals surface area contributed by atoms with E-state index in [4.69, 9.17) is 0 Å². The first-order valence-corrected chi connectivity index (χ1v) is 4.82. The highest BCUT2D eigenvalue weighted by Gasteiger charge is 2.12. The van der Waals surface area contributed by atoms with Crippen LogP contribution in [0.4, 0.5) is 11.4 Å². The van der Waals surface area contributed by atoms with Gasteiger partial charge in [-0.15, -0.1) is 0 Å². The fraction of sp³-hybridized carbons (Fsp3) is 0.364. The SMILES string of the molecule is Cc1cc2c(cc1C)NC(=O)CCN2. The van der Waals surface area contributed by atoms with Crippen LogP contribution >= 0.6 is 0 Å². The number of rotatable bonds is 0. The Bertz CT molecular complexity index is 385. The summed E-state index contributed by atoms with van der Waals surface area (Å²) < 4.78 is 0. The Labute approximate surface area is 83.5 Å². The molecule has 0 aliphatic carbocycles. The van der Waals surface area contributed by atoms with E-state index >= 15 is 0 Å². The van der Waals surface area contributed by atoms with Gasteiger partial charge in [-0.2, -0.15) is 0 Å². The molecule has 2 N–H and O–H groups in total. The van der Waals surface area contributed by atoms with Crippen LogP contribution in [0.15, 0.2) is 12.1 Å². The first kappa shape index (κ1) is 9.06. The summed E-state index contributed by atoms with van der Waals surface area (Å²) in [6.07, 6.45) is 0.534. The van der Waals surface area contributed by atoms with Crippen LogP contribution in [0.3, 0.4) is 0 Å². The van der Waals surface area contributed by atoms with Crippen LogP contribution < -0.4 is 10.6 Å². The maximum Gasteiger partial charge on any atom is 0.226 e. The van der Waals surface area contributed by atoms with Gasteiger partial charge in [-0.3, -0.25) is 4.79 Å². The number of carbonyl (C=O) groups is 1. The van der Waals surface area contributed by atoms with Crippen molar-refractivity contribution in [3.63, 3.8) is 0 Å². The standard InChI is InChI=1S/C11H14N2O/c1-7-5-9-10(6-8(7)2)13-11(14)3-4-12-9/h5-6,12H,3-4H2,1-2H3,(H,13,14). The van der Waals surface area contributed by atoms with Crippen molar-refractivity contribution in [2.45, 2.75) is 20.3 Å². The van der Waals surface area contributed by atoms with Crippen molar-refractivity contribution in [3.05, 3.63) is 23.3 Å². The summed E-state index contributed by atoms with van der Waals surface area (Å²) in [6.45, 7) is 4.83. The minimum Gasteiger partial charge on any atom is -0.383 e. The maximum atomic E-state index is 11.3. The van der Waals surface area contributed by atoms with Gasteiger partial charge in [-0.1, -0.05) is 0 Å². The predicted octanol–water partition coefficient (Wildman–Crippen LogP) is 2.06. The highest BCUT2D eigenvalue weighted by Crippen LogP contribution is 2.27. The first-order chi connectivity index (χ1) is 6.66. The van der Waals surface area contributed by atoms with E-state index in [-0.39, 0.29) is 5.91 Å². The average molecular weight is 190 g/mol. The molecular weight excluding hydrogens is 176 g/mol. The fourth-order valence-corrected chi connectivity index (χ4v) is 1.59. The molecule has 1 aliphatic heterocycles. The van der Waals surface area contributed by atoms with Crippen LogP contribution in [-0.4, -0.2) is 12.5 Å². The van der Waals surface area contributed by atoms with E-state index < -0.39 is 0 Å². The molecule has 1 aliphatic rings. The number of nitrogens with one attached hydrogen (secondary N) is 2. The van der Waals surface area contributed by atoms with Gasteiger partial charge in [0.1, 0.15) is 0 Å². The van der Waals surface area contributed by atoms with Crippen molar-refractivity contribution >= 4 is 17.3 Å². The quantitative estimate of drug-likeness (QED) is 0.657. The summed E-state index contributed by atoms with van der Waals surface area (Å²) >= 11 is 0. The van der Waals surface area contributed by atoms with Gasteiger partial charge in [0, 0.05) is 13.0 Å². The topological polar surface area (TPSA) is 41.1 Å². The van der Waals surface area contributed by atoms with Crippen LogP contribution in [0.2, 0.25) is 0 Å². The lowest BCUT2D eigenvalue weighted by Crippen LogP contribution is -2.10. The summed E-state index contributed by atoms with van der Waals surface area (Å²) in [5.41, 5.74) is 4.37. The number of hydrogen-bond donors (Lipinski definition) is 2. The highest BCUT2D eigenvalue weighted by atomic mass is 16.1. The Hall–Kier alpha value is -1.51. The van der Waals surface area contributed by atoms with E-state index in [1.165, 1.54) is 11.1 Å². The number of benzene rings is 1. The molecule has 0 fully saturated rings. The summed E-state index contributed by atoms with van der Waals surface area (Å²) in [5, 5.41) is 6.13. The minimum atomic E-state index is 0.0829. The lowest BCUT2D eigenvalue weighted by Gasteiger charge is -2.10. The van der Waals surface area contributed by atoms with E-state index in [0.717, 1.165) is 11.4 Å². The molecule has 0 spiro atoms. The van der Waals surface area contributed by atoms with Gasteiger partial charge < -0.3 is 10.6 Å². The molecule has 3 nitrogen and oxygen atoms in total. The highest BCUT2D eigenvalue weighted by molar-refractivity contribution is 5.96. The normalized spacial score (nSPS) is 15.1. The molecule has 3 heteroatoms. The molecule has 1 amide bonds. The fourth-order valence-electron chi connectivity index (χ4n) is 1.59. The monoisotopic (exact) mass is 190 g/mol. The van der Waals surface area contributed by atoms with Crippen molar-refractivity contribution in [2.24, 2.45) is 0 Å². The molecule has 74 valence electrons. The molecule has 0 atom stereocenters. The van der Waals surface area contributed by atoms with Gasteiger partial charge in [-0.05, 0) is 37.1 Å². The lowest BCUT2D eigenvalue weighted by atomic mass is 10.1. The predicted molar refractivity (Wildman–Crippen MR) is 57.7 cm³/mol. The van der Waals surface area contributed by atoms with Crippen LogP contribution in [0.25, 0.3) is 0 Å². The van der Waals surface area contributed by atoms with Gasteiger partial charge in [0.15, 0.2) is 0 Å². The van der Waals surface area contributed by atoms with E-state index in [9.17, 15) is 4.79 Å². The molecule has 0 radical (unpaired) electrons. The third kappa shape index (κ3) is 1.58. The first-order valence-electron chi connectivity index (χ1n) is 4.82. The molecule has 2 rings (SSSR count). The minimum absolute atomic E-state index is 0.0829. The molecule has 0 bridgehead atoms. The number of carbonyl (C=O) groups excluding carboxylic acids is 1. The van der Waals surface area contributed by atoms with Gasteiger partial charge in [0.2, 0.25) is 5.91 Å². The molecule has 0 unspecified atom stereocenters. The summed E-state index contributed by atoms with van der Waals surface area (Å²) in [4.78, 5) is 11.3.